The van der Waals surface area contributed by atoms with E-state index in [9.17, 15) is 4.79 Å². The Hall–Kier alpha value is -1.40. The molecule has 2 aliphatic carbocycles. The number of nitrogens with zero attached hydrogens (tertiary/aromatic N) is 2. The molecule has 1 aromatic carbocycles. The number of amides is 1. The van der Waals surface area contributed by atoms with Gasteiger partial charge >= 0.3 is 0 Å². The van der Waals surface area contributed by atoms with Gasteiger partial charge in [0.1, 0.15) is 0 Å². The van der Waals surface area contributed by atoms with E-state index in [1.165, 1.54) is 5.56 Å². The Bertz CT molecular complexity index is 799. The van der Waals surface area contributed by atoms with Crippen molar-refractivity contribution in [3.8, 4) is 0 Å². The van der Waals surface area contributed by atoms with E-state index in [-0.39, 0.29) is 17.4 Å². The summed E-state index contributed by atoms with van der Waals surface area (Å²) in [4.78, 5) is 20.5. The fraction of sp³-hybridized carbons (Fsp3) is 0.619. The van der Waals surface area contributed by atoms with Crippen LogP contribution in [0.5, 0.6) is 0 Å². The lowest BCUT2D eigenvalue weighted by atomic mass is 9.61. The summed E-state index contributed by atoms with van der Waals surface area (Å²) in [7, 11) is 1.78. The van der Waals surface area contributed by atoms with Gasteiger partial charge in [-0.2, -0.15) is 0 Å². The van der Waals surface area contributed by atoms with Gasteiger partial charge in [0.25, 0.3) is 5.91 Å². The van der Waals surface area contributed by atoms with E-state index >= 15 is 0 Å². The van der Waals surface area contributed by atoms with E-state index in [0.29, 0.717) is 18.4 Å². The number of ether oxygens (including phenoxy) is 1. The van der Waals surface area contributed by atoms with Crippen LogP contribution in [0.4, 0.5) is 0 Å². The molecule has 0 aromatic heterocycles. The lowest BCUT2D eigenvalue weighted by Crippen LogP contribution is -2.52. The molecule has 0 saturated heterocycles. The molecule has 6 heteroatoms. The topological polar surface area (TPSA) is 67.9 Å². The number of rotatable bonds is 3. The number of hydrogen-bond acceptors (Lipinski definition) is 4. The van der Waals surface area contributed by atoms with Crippen molar-refractivity contribution in [1.82, 2.24) is 4.90 Å². The van der Waals surface area contributed by atoms with Crippen molar-refractivity contribution in [3.05, 3.63) is 33.8 Å². The third kappa shape index (κ3) is 2.67. The highest BCUT2D eigenvalue weighted by atomic mass is 79.9. The summed E-state index contributed by atoms with van der Waals surface area (Å²) in [5, 5.41) is 0. The molecule has 5 nitrogen and oxygen atoms in total. The molecular weight excluding hydrogens is 406 g/mol. The quantitative estimate of drug-likeness (QED) is 0.791. The number of methoxy groups -OCH3 is 1. The minimum Gasteiger partial charge on any atom is -0.381 e. The van der Waals surface area contributed by atoms with Crippen LogP contribution in [0.15, 0.2) is 27.7 Å². The Morgan fingerprint density at radius 3 is 2.70 bits per heavy atom. The zero-order chi connectivity index (χ0) is 19.4. The highest BCUT2D eigenvalue weighted by Crippen LogP contribution is 2.62. The summed E-state index contributed by atoms with van der Waals surface area (Å²) < 4.78 is 6.58. The van der Waals surface area contributed by atoms with Crippen molar-refractivity contribution in [1.29, 1.82) is 0 Å². The molecule has 1 aromatic rings. The molecule has 4 rings (SSSR count). The number of aliphatic imine (C=N–C) groups is 1. The fourth-order valence-corrected chi connectivity index (χ4v) is 5.74. The molecule has 1 heterocycles. The molecule has 1 unspecified atom stereocenters. The van der Waals surface area contributed by atoms with Crippen LogP contribution in [0.25, 0.3) is 0 Å². The normalized spacial score (nSPS) is 32.6. The van der Waals surface area contributed by atoms with Crippen molar-refractivity contribution >= 4 is 27.8 Å². The number of nitrogens with two attached hydrogens (primary N) is 1. The van der Waals surface area contributed by atoms with Gasteiger partial charge in [-0.05, 0) is 61.3 Å². The first-order chi connectivity index (χ1) is 12.8. The van der Waals surface area contributed by atoms with Gasteiger partial charge in [0, 0.05) is 23.5 Å². The van der Waals surface area contributed by atoms with E-state index in [1.807, 2.05) is 0 Å². The van der Waals surface area contributed by atoms with Crippen molar-refractivity contribution in [2.45, 2.75) is 57.6 Å². The predicted molar refractivity (Wildman–Crippen MR) is 109 cm³/mol. The lowest BCUT2D eigenvalue weighted by molar-refractivity contribution is -0.138. The Morgan fingerprint density at radius 1 is 1.37 bits per heavy atom. The highest BCUT2D eigenvalue weighted by molar-refractivity contribution is 9.10. The summed E-state index contributed by atoms with van der Waals surface area (Å²) in [6.07, 6.45) is 4.92. The molecule has 2 spiro atoms. The Balaban J connectivity index is 1.84. The maximum absolute atomic E-state index is 13.9. The second-order valence-electron chi connectivity index (χ2n) is 8.68. The second kappa shape index (κ2) is 6.59. The number of fused-ring (bicyclic) bond motifs is 3. The molecule has 0 radical (unpaired) electrons. The lowest BCUT2D eigenvalue weighted by Gasteiger charge is -2.45. The Labute approximate surface area is 169 Å². The molecule has 27 heavy (non-hydrogen) atoms. The number of carbonyl (C=O) groups is 1. The minimum atomic E-state index is -0.885. The summed E-state index contributed by atoms with van der Waals surface area (Å²) in [6.45, 7) is 4.81. The zero-order valence-corrected chi connectivity index (χ0v) is 17.9. The molecular formula is C21H28BrN3O2. The average Bonchev–Trinajstić information content (AvgIpc) is 3.03. The van der Waals surface area contributed by atoms with Gasteiger partial charge in [-0.3, -0.25) is 9.69 Å². The minimum absolute atomic E-state index is 0.0569. The van der Waals surface area contributed by atoms with Gasteiger partial charge in [0.15, 0.2) is 11.5 Å². The summed E-state index contributed by atoms with van der Waals surface area (Å²) in [5.74, 6) is 0.762. The first kappa shape index (κ1) is 18.9. The van der Waals surface area contributed by atoms with E-state index in [0.717, 1.165) is 42.1 Å². The fourth-order valence-electron chi connectivity index (χ4n) is 5.38. The molecule has 2 N–H and O–H groups in total. The van der Waals surface area contributed by atoms with Gasteiger partial charge < -0.3 is 10.5 Å². The van der Waals surface area contributed by atoms with Crippen LogP contribution in [0.1, 0.15) is 50.7 Å². The first-order valence-electron chi connectivity index (χ1n) is 9.82. The molecule has 1 saturated carbocycles. The monoisotopic (exact) mass is 433 g/mol. The third-order valence-corrected chi connectivity index (χ3v) is 7.14. The van der Waals surface area contributed by atoms with Crippen LogP contribution in [-0.2, 0) is 21.5 Å². The average molecular weight is 434 g/mol. The van der Waals surface area contributed by atoms with Crippen LogP contribution in [0.3, 0.4) is 0 Å². The van der Waals surface area contributed by atoms with Crippen molar-refractivity contribution in [2.24, 2.45) is 22.1 Å². The molecule has 1 aliphatic heterocycles. The van der Waals surface area contributed by atoms with Crippen LogP contribution in [-0.4, -0.2) is 36.5 Å². The second-order valence-corrected chi connectivity index (χ2v) is 9.60. The van der Waals surface area contributed by atoms with Crippen molar-refractivity contribution in [3.63, 3.8) is 0 Å². The molecule has 1 amide bonds. The Kier molecular flexibility index (Phi) is 4.62. The zero-order valence-electron chi connectivity index (χ0n) is 16.3. The van der Waals surface area contributed by atoms with Gasteiger partial charge in [-0.1, -0.05) is 35.8 Å². The number of halogens is 1. The van der Waals surface area contributed by atoms with Crippen LogP contribution in [0.2, 0.25) is 0 Å². The van der Waals surface area contributed by atoms with E-state index < -0.39 is 5.54 Å². The molecule has 3 aliphatic rings. The van der Waals surface area contributed by atoms with Gasteiger partial charge in [-0.15, -0.1) is 0 Å². The Morgan fingerprint density at radius 2 is 2.07 bits per heavy atom. The number of guanidine groups is 1. The molecule has 146 valence electrons. The molecule has 1 atom stereocenters. The number of carbonyl (C=O) groups excluding carboxylic acids is 1. The van der Waals surface area contributed by atoms with Crippen LogP contribution < -0.4 is 5.73 Å². The van der Waals surface area contributed by atoms with Gasteiger partial charge in [0.05, 0.1) is 6.10 Å². The summed E-state index contributed by atoms with van der Waals surface area (Å²) >= 11 is 3.59. The van der Waals surface area contributed by atoms with E-state index in [1.54, 1.807) is 12.0 Å². The first-order valence-corrected chi connectivity index (χ1v) is 10.6. The summed E-state index contributed by atoms with van der Waals surface area (Å²) in [6, 6.07) is 6.28. The highest BCUT2D eigenvalue weighted by Gasteiger charge is 2.66. The van der Waals surface area contributed by atoms with Crippen molar-refractivity contribution < 1.29 is 9.53 Å². The molecule has 1 fully saturated rings. The maximum Gasteiger partial charge on any atom is 0.262 e. The smallest absolute Gasteiger partial charge is 0.262 e. The molecule has 0 bridgehead atoms. The van der Waals surface area contributed by atoms with E-state index in [4.69, 9.17) is 15.5 Å². The third-order valence-electron chi connectivity index (χ3n) is 6.64. The van der Waals surface area contributed by atoms with E-state index in [2.05, 4.69) is 48.0 Å². The summed E-state index contributed by atoms with van der Waals surface area (Å²) in [5.41, 5.74) is 7.50. The maximum atomic E-state index is 13.9. The largest absolute Gasteiger partial charge is 0.381 e. The van der Waals surface area contributed by atoms with Gasteiger partial charge in [0.2, 0.25) is 0 Å². The number of benzene rings is 1. The van der Waals surface area contributed by atoms with Crippen LogP contribution in [0, 0.1) is 11.3 Å². The SMILES string of the molecule is COC1CCC2(CC1)Cc1ccc(Br)cc1C21N=C(N)N(CC(C)C)C1=O. The standard InChI is InChI=1S/C21H28BrN3O2/c1-13(2)12-25-18(26)21(24-19(25)23)17-10-15(22)5-4-14(17)11-20(21)8-6-16(27-3)7-9-20/h4-5,10,13,16H,6-9,11-12H2,1-3H3,(H2,23,24). The predicted octanol–water partition coefficient (Wildman–Crippen LogP) is 3.59. The number of hydrogen-bond donors (Lipinski definition) is 1. The van der Waals surface area contributed by atoms with Gasteiger partial charge in [-0.25, -0.2) is 4.99 Å². The van der Waals surface area contributed by atoms with Crippen LogP contribution >= 0.6 is 15.9 Å². The van der Waals surface area contributed by atoms with Crippen molar-refractivity contribution in [2.75, 3.05) is 13.7 Å².